The van der Waals surface area contributed by atoms with Gasteiger partial charge in [0.05, 0.1) is 0 Å². The van der Waals surface area contributed by atoms with Gasteiger partial charge in [-0.05, 0) is 6.42 Å². The van der Waals surface area contributed by atoms with Crippen LogP contribution in [0.1, 0.15) is 32.1 Å². The largest absolute Gasteiger partial charge is 0.277 e. The van der Waals surface area contributed by atoms with E-state index >= 15 is 0 Å². The number of carbonyl (C=O) groups is 1. The number of unbranched alkanes of at least 4 members (excludes halogenated alkanes) is 4. The minimum atomic E-state index is 0.626. The van der Waals surface area contributed by atoms with E-state index in [1.54, 1.807) is 0 Å². The second-order valence-corrected chi connectivity index (χ2v) is 2.28. The zero-order chi connectivity index (χ0) is 7.66. The average Bonchev–Trinajstić information content (AvgIpc) is 1.97. The third-order valence-electron chi connectivity index (χ3n) is 1.36. The Morgan fingerprint density at radius 1 is 1.20 bits per heavy atom. The summed E-state index contributed by atoms with van der Waals surface area (Å²) in [4.78, 5) is 9.72. The first-order chi connectivity index (χ1) is 4.91. The molecule has 0 N–H and O–H groups in total. The lowest BCUT2D eigenvalue weighted by molar-refractivity contribution is -0.109. The van der Waals surface area contributed by atoms with Crippen molar-refractivity contribution in [3.63, 3.8) is 0 Å². The molecule has 58 valence electrons. The van der Waals surface area contributed by atoms with Crippen molar-refractivity contribution in [3.05, 3.63) is 6.92 Å². The van der Waals surface area contributed by atoms with Crippen molar-refractivity contribution in [3.8, 4) is 0 Å². The van der Waals surface area contributed by atoms with Crippen LogP contribution in [-0.2, 0) is 4.79 Å². The number of rotatable bonds is 7. The molecule has 10 heavy (non-hydrogen) atoms. The molecule has 2 radical (unpaired) electrons. The Bertz CT molecular complexity index is 73.7. The Hall–Kier alpha value is -0.530. The maximum absolute atomic E-state index is 9.72. The molecule has 1 amide bonds. The molecule has 0 saturated heterocycles. The summed E-state index contributed by atoms with van der Waals surface area (Å²) in [7, 11) is 0. The fourth-order valence-electron chi connectivity index (χ4n) is 0.786. The smallest absolute Gasteiger partial charge is 0.228 e. The van der Waals surface area contributed by atoms with E-state index in [1.165, 1.54) is 19.3 Å². The first-order valence-corrected chi connectivity index (χ1v) is 3.81. The van der Waals surface area contributed by atoms with Crippen LogP contribution in [0.5, 0.6) is 0 Å². The molecule has 0 fully saturated rings. The van der Waals surface area contributed by atoms with Crippen LogP contribution in [0.2, 0.25) is 0 Å². The maximum atomic E-state index is 9.72. The fourth-order valence-corrected chi connectivity index (χ4v) is 0.786. The van der Waals surface area contributed by atoms with Crippen molar-refractivity contribution in [2.45, 2.75) is 32.1 Å². The molecule has 0 aromatic carbocycles. The molecule has 0 aliphatic heterocycles. The first kappa shape index (κ1) is 9.47. The van der Waals surface area contributed by atoms with E-state index in [4.69, 9.17) is 0 Å². The normalized spacial score (nSPS) is 9.30. The van der Waals surface area contributed by atoms with E-state index in [-0.39, 0.29) is 0 Å². The van der Waals surface area contributed by atoms with Crippen LogP contribution in [0.3, 0.4) is 0 Å². The Balaban J connectivity index is 2.70. The van der Waals surface area contributed by atoms with Crippen LogP contribution in [-0.4, -0.2) is 13.0 Å². The lowest BCUT2D eigenvalue weighted by Gasteiger charge is -1.95. The Kier molecular flexibility index (Phi) is 8.02. The lowest BCUT2D eigenvalue weighted by atomic mass is 10.1. The molecule has 0 saturated carbocycles. The van der Waals surface area contributed by atoms with E-state index in [0.717, 1.165) is 12.8 Å². The summed E-state index contributed by atoms with van der Waals surface area (Å²) in [6.07, 6.45) is 6.27. The molecule has 0 aliphatic rings. The standard InChI is InChI=1S/C8H15NO/c1-2-3-4-5-6-7-9-8-10/h8H,1-7H2. The summed E-state index contributed by atoms with van der Waals surface area (Å²) in [6, 6.07) is 0. The maximum Gasteiger partial charge on any atom is 0.228 e. The summed E-state index contributed by atoms with van der Waals surface area (Å²) < 4.78 is 0. The van der Waals surface area contributed by atoms with Gasteiger partial charge < -0.3 is 0 Å². The van der Waals surface area contributed by atoms with E-state index < -0.39 is 0 Å². The first-order valence-electron chi connectivity index (χ1n) is 3.81. The van der Waals surface area contributed by atoms with Gasteiger partial charge in [0, 0.05) is 6.54 Å². The van der Waals surface area contributed by atoms with Gasteiger partial charge in [-0.3, -0.25) is 10.1 Å². The van der Waals surface area contributed by atoms with Crippen LogP contribution in [0.15, 0.2) is 0 Å². The summed E-state index contributed by atoms with van der Waals surface area (Å²) in [6.45, 7) is 4.44. The summed E-state index contributed by atoms with van der Waals surface area (Å²) in [5.74, 6) is 0. The van der Waals surface area contributed by atoms with Crippen molar-refractivity contribution in [1.29, 1.82) is 0 Å². The molecule has 2 nitrogen and oxygen atoms in total. The second kappa shape index (κ2) is 8.47. The van der Waals surface area contributed by atoms with E-state index in [2.05, 4.69) is 12.2 Å². The highest BCUT2D eigenvalue weighted by atomic mass is 16.1. The molecular weight excluding hydrogens is 126 g/mol. The molecule has 0 rings (SSSR count). The van der Waals surface area contributed by atoms with Crippen molar-refractivity contribution in [2.24, 2.45) is 0 Å². The van der Waals surface area contributed by atoms with Gasteiger partial charge in [-0.25, -0.2) is 0 Å². The number of nitrogens with zero attached hydrogens (tertiary/aromatic N) is 1. The number of hydrogen-bond donors (Lipinski definition) is 0. The van der Waals surface area contributed by atoms with Crippen molar-refractivity contribution in [2.75, 3.05) is 6.54 Å². The minimum absolute atomic E-state index is 0.626. The molecule has 0 bridgehead atoms. The summed E-state index contributed by atoms with van der Waals surface area (Å²) in [5, 5.41) is 3.57. The quantitative estimate of drug-likeness (QED) is 0.391. The van der Waals surface area contributed by atoms with Gasteiger partial charge in [0.2, 0.25) is 6.41 Å². The van der Waals surface area contributed by atoms with Gasteiger partial charge in [-0.15, -0.1) is 0 Å². The van der Waals surface area contributed by atoms with Crippen LogP contribution < -0.4 is 5.32 Å². The van der Waals surface area contributed by atoms with E-state index in [9.17, 15) is 4.79 Å². The van der Waals surface area contributed by atoms with Gasteiger partial charge in [0.1, 0.15) is 0 Å². The predicted molar refractivity (Wildman–Crippen MR) is 41.5 cm³/mol. The molecule has 0 atom stereocenters. The Morgan fingerprint density at radius 3 is 2.50 bits per heavy atom. The van der Waals surface area contributed by atoms with Crippen LogP contribution in [0.4, 0.5) is 0 Å². The SMILES string of the molecule is [CH2]CCCCCC[N]C=O. The minimum Gasteiger partial charge on any atom is -0.277 e. The lowest BCUT2D eigenvalue weighted by Crippen LogP contribution is -2.02. The van der Waals surface area contributed by atoms with Crippen molar-refractivity contribution >= 4 is 6.41 Å². The van der Waals surface area contributed by atoms with Crippen LogP contribution in [0.25, 0.3) is 0 Å². The molecule has 2 heteroatoms. The zero-order valence-electron chi connectivity index (χ0n) is 6.38. The number of amides is 1. The molecule has 0 unspecified atom stereocenters. The summed E-state index contributed by atoms with van der Waals surface area (Å²) in [5.41, 5.74) is 0. The highest BCUT2D eigenvalue weighted by Gasteiger charge is 1.87. The zero-order valence-corrected chi connectivity index (χ0v) is 6.38. The van der Waals surface area contributed by atoms with Crippen LogP contribution >= 0.6 is 0 Å². The van der Waals surface area contributed by atoms with Crippen molar-refractivity contribution < 1.29 is 4.79 Å². The predicted octanol–water partition coefficient (Wildman–Crippen LogP) is 1.53. The second-order valence-electron chi connectivity index (χ2n) is 2.28. The van der Waals surface area contributed by atoms with Crippen LogP contribution in [0, 0.1) is 6.92 Å². The average molecular weight is 141 g/mol. The van der Waals surface area contributed by atoms with E-state index in [1.807, 2.05) is 0 Å². The van der Waals surface area contributed by atoms with Gasteiger partial charge in [0.25, 0.3) is 0 Å². The molecule has 0 heterocycles. The van der Waals surface area contributed by atoms with Gasteiger partial charge in [-0.2, -0.15) is 0 Å². The third-order valence-corrected chi connectivity index (χ3v) is 1.36. The topological polar surface area (TPSA) is 31.2 Å². The molecule has 0 aromatic rings. The molecule has 0 spiro atoms. The summed E-state index contributed by atoms with van der Waals surface area (Å²) >= 11 is 0. The monoisotopic (exact) mass is 141 g/mol. The number of carbonyl (C=O) groups excluding carboxylic acids is 1. The Labute approximate surface area is 63.0 Å². The van der Waals surface area contributed by atoms with E-state index in [0.29, 0.717) is 13.0 Å². The fraction of sp³-hybridized carbons (Fsp3) is 0.750. The van der Waals surface area contributed by atoms with Gasteiger partial charge >= 0.3 is 0 Å². The third kappa shape index (κ3) is 7.47. The molecule has 0 aliphatic carbocycles. The Morgan fingerprint density at radius 2 is 1.90 bits per heavy atom. The molecule has 0 aromatic heterocycles. The molecular formula is C8H15NO. The highest BCUT2D eigenvalue weighted by molar-refractivity contribution is 5.45. The number of hydrogen-bond acceptors (Lipinski definition) is 1. The van der Waals surface area contributed by atoms with Gasteiger partial charge in [-0.1, -0.05) is 32.6 Å². The highest BCUT2D eigenvalue weighted by Crippen LogP contribution is 2.00. The van der Waals surface area contributed by atoms with Gasteiger partial charge in [0.15, 0.2) is 0 Å². The van der Waals surface area contributed by atoms with Crippen molar-refractivity contribution in [1.82, 2.24) is 5.32 Å².